The normalized spacial score (nSPS) is 9.53. The van der Waals surface area contributed by atoms with Crippen molar-refractivity contribution in [2.75, 3.05) is 13.7 Å². The van der Waals surface area contributed by atoms with Gasteiger partial charge in [0.25, 0.3) is 0 Å². The molecular weight excluding hydrogens is 224 g/mol. The van der Waals surface area contributed by atoms with E-state index in [1.807, 2.05) is 0 Å². The number of esters is 1. The van der Waals surface area contributed by atoms with E-state index < -0.39 is 5.97 Å². The van der Waals surface area contributed by atoms with Crippen LogP contribution in [0.25, 0.3) is 10.4 Å². The zero-order valence-corrected chi connectivity index (χ0v) is 9.58. The van der Waals surface area contributed by atoms with Crippen LogP contribution in [0.5, 0.6) is 0 Å². The lowest BCUT2D eigenvalue weighted by Gasteiger charge is -2.06. The Balaban J connectivity index is 3.10. The van der Waals surface area contributed by atoms with E-state index in [0.717, 1.165) is 0 Å². The van der Waals surface area contributed by atoms with Crippen molar-refractivity contribution in [1.29, 1.82) is 0 Å². The molecule has 0 radical (unpaired) electrons. The summed E-state index contributed by atoms with van der Waals surface area (Å²) in [7, 11) is 1.28. The van der Waals surface area contributed by atoms with Crippen molar-refractivity contribution < 1.29 is 14.3 Å². The zero-order chi connectivity index (χ0) is 12.8. The number of nitrogens with zero attached hydrogens (tertiary/aromatic N) is 4. The molecule has 7 heteroatoms. The predicted octanol–water partition coefficient (Wildman–Crippen LogP) is 1.71. The van der Waals surface area contributed by atoms with Crippen molar-refractivity contribution in [1.82, 2.24) is 4.57 Å². The molecule has 7 nitrogen and oxygen atoms in total. The van der Waals surface area contributed by atoms with Gasteiger partial charge in [0.1, 0.15) is 0 Å². The largest absolute Gasteiger partial charge is 0.465 e. The highest BCUT2D eigenvalue weighted by Gasteiger charge is 2.17. The molecule has 0 amide bonds. The molecule has 1 heterocycles. The van der Waals surface area contributed by atoms with E-state index in [9.17, 15) is 9.59 Å². The summed E-state index contributed by atoms with van der Waals surface area (Å²) in [5.74, 6) is -0.492. The maximum Gasteiger partial charge on any atom is 0.339 e. The Labute approximate surface area is 97.6 Å². The Kier molecular flexibility index (Phi) is 4.30. The minimum absolute atomic E-state index is 0.216. The van der Waals surface area contributed by atoms with E-state index in [-0.39, 0.29) is 6.54 Å². The molecule has 0 unspecified atom stereocenters. The number of aromatic nitrogens is 1. The molecule has 0 bridgehead atoms. The van der Waals surface area contributed by atoms with E-state index in [1.54, 1.807) is 11.5 Å². The average molecular weight is 236 g/mol. The van der Waals surface area contributed by atoms with Crippen LogP contribution in [0, 0.1) is 6.92 Å². The second-order valence-electron chi connectivity index (χ2n) is 3.28. The summed E-state index contributed by atoms with van der Waals surface area (Å²) >= 11 is 0. The predicted molar refractivity (Wildman–Crippen MR) is 59.9 cm³/mol. The van der Waals surface area contributed by atoms with E-state index in [1.165, 1.54) is 13.2 Å². The summed E-state index contributed by atoms with van der Waals surface area (Å²) < 4.78 is 6.22. The quantitative estimate of drug-likeness (QED) is 0.256. The van der Waals surface area contributed by atoms with Crippen LogP contribution < -0.4 is 0 Å². The molecular formula is C10H12N4O3. The second-order valence-corrected chi connectivity index (χ2v) is 3.28. The number of rotatable bonds is 5. The Morgan fingerprint density at radius 2 is 2.41 bits per heavy atom. The van der Waals surface area contributed by atoms with E-state index >= 15 is 0 Å². The average Bonchev–Trinajstić information content (AvgIpc) is 2.66. The Hall–Kier alpha value is -2.27. The molecule has 1 rings (SSSR count). The molecule has 0 fully saturated rings. The lowest BCUT2D eigenvalue weighted by Crippen LogP contribution is -2.08. The maximum atomic E-state index is 11.4. The van der Waals surface area contributed by atoms with Crippen LogP contribution >= 0.6 is 0 Å². The Bertz CT molecular complexity index is 486. The van der Waals surface area contributed by atoms with E-state index in [4.69, 9.17) is 5.53 Å². The van der Waals surface area contributed by atoms with Gasteiger partial charge in [-0.2, -0.15) is 0 Å². The van der Waals surface area contributed by atoms with Gasteiger partial charge < -0.3 is 9.30 Å². The standard InChI is InChI=1S/C10H12N4O3/c1-7-9(10(16)17-2)5-8(6-15)14(7)4-3-12-13-11/h5-6H,3-4H2,1-2H3. The van der Waals surface area contributed by atoms with Crippen LogP contribution in [0.4, 0.5) is 0 Å². The molecule has 0 saturated heterocycles. The van der Waals surface area contributed by atoms with Crippen molar-refractivity contribution in [2.45, 2.75) is 13.5 Å². The second kappa shape index (κ2) is 5.72. The summed E-state index contributed by atoms with van der Waals surface area (Å²) in [5.41, 5.74) is 9.50. The van der Waals surface area contributed by atoms with Gasteiger partial charge in [-0.3, -0.25) is 4.79 Å². The Morgan fingerprint density at radius 1 is 1.71 bits per heavy atom. The van der Waals surface area contributed by atoms with Crippen molar-refractivity contribution in [3.63, 3.8) is 0 Å². The lowest BCUT2D eigenvalue weighted by molar-refractivity contribution is 0.0599. The molecule has 0 aromatic carbocycles. The number of methoxy groups -OCH3 is 1. The lowest BCUT2D eigenvalue weighted by atomic mass is 10.2. The van der Waals surface area contributed by atoms with Gasteiger partial charge in [-0.15, -0.1) is 0 Å². The monoisotopic (exact) mass is 236 g/mol. The smallest absolute Gasteiger partial charge is 0.339 e. The highest BCUT2D eigenvalue weighted by Crippen LogP contribution is 2.15. The van der Waals surface area contributed by atoms with Gasteiger partial charge in [-0.25, -0.2) is 4.79 Å². The molecule has 0 aliphatic carbocycles. The van der Waals surface area contributed by atoms with Crippen LogP contribution in [0.15, 0.2) is 11.2 Å². The van der Waals surface area contributed by atoms with E-state index in [2.05, 4.69) is 14.8 Å². The fourth-order valence-electron chi connectivity index (χ4n) is 1.57. The van der Waals surface area contributed by atoms with Gasteiger partial charge in [-0.1, -0.05) is 5.11 Å². The summed E-state index contributed by atoms with van der Waals surface area (Å²) in [4.78, 5) is 24.9. The van der Waals surface area contributed by atoms with Gasteiger partial charge in [0.05, 0.1) is 18.4 Å². The topological polar surface area (TPSA) is 97.1 Å². The van der Waals surface area contributed by atoms with Gasteiger partial charge in [0.2, 0.25) is 0 Å². The third kappa shape index (κ3) is 2.64. The molecule has 0 aliphatic rings. The highest BCUT2D eigenvalue weighted by atomic mass is 16.5. The zero-order valence-electron chi connectivity index (χ0n) is 9.58. The van der Waals surface area contributed by atoms with Gasteiger partial charge >= 0.3 is 5.97 Å². The minimum atomic E-state index is -0.492. The number of aldehydes is 1. The molecule has 17 heavy (non-hydrogen) atoms. The van der Waals surface area contributed by atoms with Crippen LogP contribution in [0.1, 0.15) is 26.5 Å². The first-order valence-corrected chi connectivity index (χ1v) is 4.90. The molecule has 90 valence electrons. The van der Waals surface area contributed by atoms with Crippen molar-refractivity contribution in [3.8, 4) is 0 Å². The maximum absolute atomic E-state index is 11.4. The first-order valence-electron chi connectivity index (χ1n) is 4.90. The third-order valence-corrected chi connectivity index (χ3v) is 2.41. The fraction of sp³-hybridized carbons (Fsp3) is 0.400. The molecule has 1 aromatic heterocycles. The van der Waals surface area contributed by atoms with Gasteiger partial charge in [-0.05, 0) is 18.5 Å². The Morgan fingerprint density at radius 3 is 2.94 bits per heavy atom. The molecule has 0 spiro atoms. The first-order chi connectivity index (χ1) is 8.15. The van der Waals surface area contributed by atoms with Crippen LogP contribution in [0.2, 0.25) is 0 Å². The first kappa shape index (κ1) is 12.8. The van der Waals surface area contributed by atoms with Gasteiger partial charge in [0, 0.05) is 23.7 Å². The van der Waals surface area contributed by atoms with Crippen molar-refractivity contribution in [3.05, 3.63) is 33.5 Å². The van der Waals surface area contributed by atoms with Crippen LogP contribution in [-0.4, -0.2) is 30.5 Å². The van der Waals surface area contributed by atoms with Crippen molar-refractivity contribution in [2.24, 2.45) is 5.11 Å². The molecule has 1 aromatic rings. The molecule has 0 aliphatic heterocycles. The van der Waals surface area contributed by atoms with Crippen LogP contribution in [-0.2, 0) is 11.3 Å². The molecule has 0 N–H and O–H groups in total. The van der Waals surface area contributed by atoms with Crippen LogP contribution in [0.3, 0.4) is 0 Å². The summed E-state index contributed by atoms with van der Waals surface area (Å²) in [6, 6.07) is 1.46. The molecule has 0 saturated carbocycles. The number of hydrogen-bond donors (Lipinski definition) is 0. The number of carbonyl (C=O) groups excluding carboxylic acids is 2. The number of carbonyl (C=O) groups is 2. The molecule has 0 atom stereocenters. The number of ether oxygens (including phenoxy) is 1. The number of hydrogen-bond acceptors (Lipinski definition) is 4. The van der Waals surface area contributed by atoms with E-state index in [0.29, 0.717) is 29.8 Å². The summed E-state index contributed by atoms with van der Waals surface area (Å²) in [6.07, 6.45) is 0.648. The summed E-state index contributed by atoms with van der Waals surface area (Å²) in [5, 5.41) is 3.39. The minimum Gasteiger partial charge on any atom is -0.465 e. The van der Waals surface area contributed by atoms with Gasteiger partial charge in [0.15, 0.2) is 6.29 Å². The SMILES string of the molecule is COC(=O)c1cc(C=O)n(CCN=[N+]=[N-])c1C. The third-order valence-electron chi connectivity index (χ3n) is 2.41. The number of azide groups is 1. The fourth-order valence-corrected chi connectivity index (χ4v) is 1.57. The van der Waals surface area contributed by atoms with Crippen molar-refractivity contribution >= 4 is 12.3 Å². The highest BCUT2D eigenvalue weighted by molar-refractivity contribution is 5.93. The summed E-state index contributed by atoms with van der Waals surface area (Å²) in [6.45, 7) is 2.27.